The number of aryl methyl sites for hydroxylation is 2. The van der Waals surface area contributed by atoms with Gasteiger partial charge in [-0.05, 0) is 42.7 Å². The van der Waals surface area contributed by atoms with Crippen molar-refractivity contribution >= 4 is 22.6 Å². The van der Waals surface area contributed by atoms with Gasteiger partial charge in [0.15, 0.2) is 0 Å². The third-order valence-corrected chi connectivity index (χ3v) is 6.54. The second-order valence-electron chi connectivity index (χ2n) is 8.64. The van der Waals surface area contributed by atoms with E-state index in [2.05, 4.69) is 41.0 Å². The van der Waals surface area contributed by atoms with Gasteiger partial charge in [0.25, 0.3) is 0 Å². The number of ether oxygens (including phenoxy) is 2. The highest BCUT2D eigenvalue weighted by Crippen LogP contribution is 2.39. The number of hydrogen-bond donors (Lipinski definition) is 0. The summed E-state index contributed by atoms with van der Waals surface area (Å²) in [4.78, 5) is 19.9. The van der Waals surface area contributed by atoms with Crippen LogP contribution < -0.4 is 14.4 Å². The molecule has 5 rings (SSSR count). The third kappa shape index (κ3) is 4.23. The first-order valence-corrected chi connectivity index (χ1v) is 11.7. The fourth-order valence-electron chi connectivity index (χ4n) is 4.85. The van der Waals surface area contributed by atoms with Gasteiger partial charge in [0.05, 0.1) is 30.9 Å². The molecule has 1 unspecified atom stereocenters. The summed E-state index contributed by atoms with van der Waals surface area (Å²) >= 11 is 0. The average Bonchev–Trinajstić information content (AvgIpc) is 3.44. The van der Waals surface area contributed by atoms with Crippen molar-refractivity contribution < 1.29 is 14.3 Å². The van der Waals surface area contributed by atoms with Crippen LogP contribution in [0.5, 0.6) is 11.5 Å². The Balaban J connectivity index is 1.43. The predicted molar refractivity (Wildman–Crippen MR) is 134 cm³/mol. The largest absolute Gasteiger partial charge is 0.497 e. The maximum atomic E-state index is 13.1. The average molecular weight is 456 g/mol. The van der Waals surface area contributed by atoms with E-state index >= 15 is 0 Å². The van der Waals surface area contributed by atoms with Gasteiger partial charge in [-0.15, -0.1) is 0 Å². The zero-order valence-corrected chi connectivity index (χ0v) is 19.6. The van der Waals surface area contributed by atoms with Gasteiger partial charge in [-0.25, -0.2) is 4.98 Å². The lowest BCUT2D eigenvalue weighted by Gasteiger charge is -2.20. The van der Waals surface area contributed by atoms with Crippen molar-refractivity contribution in [2.24, 2.45) is 0 Å². The summed E-state index contributed by atoms with van der Waals surface area (Å²) in [5, 5.41) is 0. The van der Waals surface area contributed by atoms with Crippen LogP contribution in [-0.4, -0.2) is 36.2 Å². The zero-order chi connectivity index (χ0) is 23.5. The van der Waals surface area contributed by atoms with Gasteiger partial charge in [-0.2, -0.15) is 0 Å². The Bertz CT molecular complexity index is 1300. The molecule has 174 valence electrons. The minimum atomic E-state index is 0.00697. The van der Waals surface area contributed by atoms with E-state index in [1.807, 2.05) is 36.4 Å². The molecule has 1 aliphatic rings. The summed E-state index contributed by atoms with van der Waals surface area (Å²) in [5.41, 5.74) is 4.17. The second-order valence-corrected chi connectivity index (χ2v) is 8.64. The summed E-state index contributed by atoms with van der Waals surface area (Å²) < 4.78 is 13.2. The molecule has 6 nitrogen and oxygen atoms in total. The zero-order valence-electron chi connectivity index (χ0n) is 19.6. The minimum Gasteiger partial charge on any atom is -0.497 e. The Kier molecular flexibility index (Phi) is 6.21. The summed E-state index contributed by atoms with van der Waals surface area (Å²) in [5.74, 6) is 2.41. The van der Waals surface area contributed by atoms with Crippen LogP contribution in [0.3, 0.4) is 0 Å². The topological polar surface area (TPSA) is 56.6 Å². The van der Waals surface area contributed by atoms with E-state index in [1.165, 1.54) is 5.56 Å². The van der Waals surface area contributed by atoms with Crippen molar-refractivity contribution in [3.63, 3.8) is 0 Å². The summed E-state index contributed by atoms with van der Waals surface area (Å²) in [6.45, 7) is 1.42. The number of fused-ring (bicyclic) bond motifs is 1. The summed E-state index contributed by atoms with van der Waals surface area (Å²) in [6.07, 6.45) is 2.43. The summed E-state index contributed by atoms with van der Waals surface area (Å²) in [6, 6.07) is 24.3. The number of methoxy groups -OCH3 is 2. The van der Waals surface area contributed by atoms with Crippen LogP contribution in [0.2, 0.25) is 0 Å². The normalized spacial score (nSPS) is 15.8. The van der Waals surface area contributed by atoms with E-state index in [9.17, 15) is 4.79 Å². The van der Waals surface area contributed by atoms with E-state index in [1.54, 1.807) is 19.1 Å². The molecule has 1 amide bonds. The lowest BCUT2D eigenvalue weighted by molar-refractivity contribution is -0.117. The minimum absolute atomic E-state index is 0.00697. The SMILES string of the molecule is COc1ccc(OC)c(N2CC(c3nc4ccccc4n3CCCc3ccccc3)CC2=O)c1. The van der Waals surface area contributed by atoms with E-state index in [-0.39, 0.29) is 11.8 Å². The van der Waals surface area contributed by atoms with Crippen molar-refractivity contribution in [1.82, 2.24) is 9.55 Å². The molecule has 4 aromatic rings. The molecule has 1 aromatic heterocycles. The quantitative estimate of drug-likeness (QED) is 0.366. The van der Waals surface area contributed by atoms with Crippen LogP contribution in [0.25, 0.3) is 11.0 Å². The monoisotopic (exact) mass is 455 g/mol. The van der Waals surface area contributed by atoms with Crippen molar-refractivity contribution in [3.05, 3.63) is 84.2 Å². The van der Waals surface area contributed by atoms with Crippen molar-refractivity contribution in [1.29, 1.82) is 0 Å². The molecule has 1 atom stereocenters. The lowest BCUT2D eigenvalue weighted by Crippen LogP contribution is -2.25. The van der Waals surface area contributed by atoms with Gasteiger partial charge in [0, 0.05) is 31.5 Å². The van der Waals surface area contributed by atoms with Crippen LogP contribution in [0, 0.1) is 0 Å². The molecule has 1 fully saturated rings. The van der Waals surface area contributed by atoms with Gasteiger partial charge in [-0.1, -0.05) is 42.5 Å². The van der Waals surface area contributed by atoms with Crippen LogP contribution in [0.15, 0.2) is 72.8 Å². The number of carbonyl (C=O) groups excluding carboxylic acids is 1. The highest BCUT2D eigenvalue weighted by Gasteiger charge is 2.36. The molecule has 2 heterocycles. The Hall–Kier alpha value is -3.80. The molecule has 0 aliphatic carbocycles. The molecule has 0 radical (unpaired) electrons. The van der Waals surface area contributed by atoms with Crippen molar-refractivity contribution in [2.75, 3.05) is 25.7 Å². The molecule has 1 aliphatic heterocycles. The number of benzene rings is 3. The lowest BCUT2D eigenvalue weighted by atomic mass is 10.1. The standard InChI is InChI=1S/C28H29N3O3/c1-33-22-14-15-26(34-2)25(18-22)31-19-21(17-27(31)32)28-29-23-12-6-7-13-24(23)30(28)16-8-11-20-9-4-3-5-10-20/h3-7,9-10,12-15,18,21H,8,11,16-17,19H2,1-2H3. The molecule has 6 heteroatoms. The fourth-order valence-corrected chi connectivity index (χ4v) is 4.85. The molecular formula is C28H29N3O3. The van der Waals surface area contributed by atoms with E-state index in [0.29, 0.717) is 24.5 Å². The number of imidazole rings is 1. The number of amides is 1. The van der Waals surface area contributed by atoms with Crippen molar-refractivity contribution in [2.45, 2.75) is 31.7 Å². The predicted octanol–water partition coefficient (Wildman–Crippen LogP) is 5.21. The second kappa shape index (κ2) is 9.59. The van der Waals surface area contributed by atoms with E-state index in [0.717, 1.165) is 41.9 Å². The Morgan fingerprint density at radius 1 is 0.971 bits per heavy atom. The van der Waals surface area contributed by atoms with Gasteiger partial charge in [-0.3, -0.25) is 4.79 Å². The number of carbonyl (C=O) groups is 1. The Morgan fingerprint density at radius 3 is 2.56 bits per heavy atom. The molecule has 3 aromatic carbocycles. The van der Waals surface area contributed by atoms with Gasteiger partial charge < -0.3 is 18.9 Å². The first kappa shape index (κ1) is 22.0. The molecule has 0 spiro atoms. The molecule has 0 saturated carbocycles. The molecule has 34 heavy (non-hydrogen) atoms. The number of nitrogens with zero attached hydrogens (tertiary/aromatic N) is 3. The Morgan fingerprint density at radius 2 is 1.76 bits per heavy atom. The number of para-hydroxylation sites is 2. The van der Waals surface area contributed by atoms with Gasteiger partial charge >= 0.3 is 0 Å². The number of anilines is 1. The molecule has 1 saturated heterocycles. The number of hydrogen-bond acceptors (Lipinski definition) is 4. The van der Waals surface area contributed by atoms with Crippen LogP contribution in [0.1, 0.15) is 30.1 Å². The first-order chi connectivity index (χ1) is 16.7. The maximum Gasteiger partial charge on any atom is 0.227 e. The molecule has 0 bridgehead atoms. The van der Waals surface area contributed by atoms with Crippen LogP contribution in [-0.2, 0) is 17.8 Å². The van der Waals surface area contributed by atoms with E-state index in [4.69, 9.17) is 14.5 Å². The van der Waals surface area contributed by atoms with Crippen LogP contribution >= 0.6 is 0 Å². The highest BCUT2D eigenvalue weighted by molar-refractivity contribution is 5.98. The highest BCUT2D eigenvalue weighted by atomic mass is 16.5. The molecule has 0 N–H and O–H groups in total. The maximum absolute atomic E-state index is 13.1. The first-order valence-electron chi connectivity index (χ1n) is 11.7. The van der Waals surface area contributed by atoms with Crippen LogP contribution in [0.4, 0.5) is 5.69 Å². The fraction of sp³-hybridized carbons (Fsp3) is 0.286. The molecular weight excluding hydrogens is 426 g/mol. The van der Waals surface area contributed by atoms with Gasteiger partial charge in [0.1, 0.15) is 17.3 Å². The smallest absolute Gasteiger partial charge is 0.227 e. The van der Waals surface area contributed by atoms with Crippen molar-refractivity contribution in [3.8, 4) is 11.5 Å². The summed E-state index contributed by atoms with van der Waals surface area (Å²) in [7, 11) is 3.24. The third-order valence-electron chi connectivity index (χ3n) is 6.54. The van der Waals surface area contributed by atoms with Gasteiger partial charge in [0.2, 0.25) is 5.91 Å². The number of aromatic nitrogens is 2. The number of rotatable bonds is 8. The van der Waals surface area contributed by atoms with E-state index < -0.39 is 0 Å². The Labute approximate surface area is 199 Å².